The van der Waals surface area contributed by atoms with Gasteiger partial charge in [0.2, 0.25) is 0 Å². The van der Waals surface area contributed by atoms with Crippen molar-refractivity contribution in [3.8, 4) is 28.7 Å². The summed E-state index contributed by atoms with van der Waals surface area (Å²) >= 11 is 0. The summed E-state index contributed by atoms with van der Waals surface area (Å²) in [6, 6.07) is 24.0. The first-order chi connectivity index (χ1) is 14.4. The lowest BCUT2D eigenvalue weighted by Crippen LogP contribution is -2.31. The molecular weight excluding hydrogens is 380 g/mol. The van der Waals surface area contributed by atoms with Gasteiger partial charge in [-0.15, -0.1) is 0 Å². The molecule has 4 rings (SSSR count). The second-order valence-electron chi connectivity index (χ2n) is 7.06. The van der Waals surface area contributed by atoms with Crippen molar-refractivity contribution in [2.75, 3.05) is 0 Å². The first-order valence-corrected chi connectivity index (χ1v) is 9.33. The maximum Gasteiger partial charge on any atom is 0.124 e. The molecule has 5 nitrogen and oxygen atoms in total. The van der Waals surface area contributed by atoms with Crippen molar-refractivity contribution in [3.63, 3.8) is 0 Å². The van der Waals surface area contributed by atoms with E-state index in [1.807, 2.05) is 0 Å². The van der Waals surface area contributed by atoms with Gasteiger partial charge >= 0.3 is 0 Å². The van der Waals surface area contributed by atoms with Crippen LogP contribution in [0.3, 0.4) is 0 Å². The molecule has 0 heterocycles. The summed E-state index contributed by atoms with van der Waals surface area (Å²) in [4.78, 5) is 0. The summed E-state index contributed by atoms with van der Waals surface area (Å²) in [6.45, 7) is 0. The van der Waals surface area contributed by atoms with Crippen molar-refractivity contribution in [1.82, 2.24) is 0 Å². The summed E-state index contributed by atoms with van der Waals surface area (Å²) < 4.78 is 0. The van der Waals surface area contributed by atoms with Gasteiger partial charge in [0.15, 0.2) is 0 Å². The second kappa shape index (κ2) is 7.37. The van der Waals surface area contributed by atoms with Crippen LogP contribution in [-0.4, -0.2) is 25.5 Å². The minimum absolute atomic E-state index is 0.0746. The Morgan fingerprint density at radius 2 is 0.700 bits per heavy atom. The van der Waals surface area contributed by atoms with Crippen LogP contribution in [0.1, 0.15) is 22.3 Å². The lowest BCUT2D eigenvalue weighted by molar-refractivity contribution is 0.427. The summed E-state index contributed by atoms with van der Waals surface area (Å²) in [7, 11) is 0. The average Bonchev–Trinajstić information content (AvgIpc) is 2.73. The molecule has 0 saturated heterocycles. The predicted octanol–water partition coefficient (Wildman–Crippen LogP) is 4.60. The molecule has 5 N–H and O–H groups in total. The van der Waals surface area contributed by atoms with Gasteiger partial charge in [0, 0.05) is 0 Å². The zero-order valence-electron chi connectivity index (χ0n) is 15.9. The molecule has 0 bridgehead atoms. The fourth-order valence-electron chi connectivity index (χ4n) is 3.98. The van der Waals surface area contributed by atoms with E-state index in [-0.39, 0.29) is 34.3 Å². The topological polar surface area (TPSA) is 101 Å². The van der Waals surface area contributed by atoms with Gasteiger partial charge in [-0.2, -0.15) is 0 Å². The van der Waals surface area contributed by atoms with Gasteiger partial charge < -0.3 is 25.5 Å². The van der Waals surface area contributed by atoms with Crippen LogP contribution in [-0.2, 0) is 5.41 Å². The number of benzene rings is 4. The quantitative estimate of drug-likeness (QED) is 0.322. The van der Waals surface area contributed by atoms with Crippen molar-refractivity contribution in [1.29, 1.82) is 0 Å². The van der Waals surface area contributed by atoms with Gasteiger partial charge in [-0.25, -0.2) is 0 Å². The molecule has 0 aliphatic rings. The molecule has 0 aliphatic carbocycles. The number of phenolic OH excluding ortho intramolecular Hbond substituents is 5. The molecule has 0 aliphatic heterocycles. The molecule has 0 fully saturated rings. The first-order valence-electron chi connectivity index (χ1n) is 9.33. The summed E-state index contributed by atoms with van der Waals surface area (Å²) in [5.41, 5.74) is 1.02. The van der Waals surface area contributed by atoms with Crippen molar-refractivity contribution >= 4 is 0 Å². The zero-order valence-corrected chi connectivity index (χ0v) is 15.9. The molecule has 0 atom stereocenters. The fraction of sp³-hybridized carbons (Fsp3) is 0.0400. The lowest BCUT2D eigenvalue weighted by atomic mass is 9.64. The van der Waals surface area contributed by atoms with Gasteiger partial charge in [0.25, 0.3) is 0 Å². The normalized spacial score (nSPS) is 11.3. The minimum atomic E-state index is -1.20. The van der Waals surface area contributed by atoms with Crippen LogP contribution in [0.25, 0.3) is 0 Å². The Bertz CT molecular complexity index is 1030. The molecule has 0 spiro atoms. The number of hydrogen-bond acceptors (Lipinski definition) is 5. The molecule has 0 radical (unpaired) electrons. The SMILES string of the molecule is Oc1ccc(C(c2ccc(O)cc2)(c2ccc(O)cc2)c2c(O)cccc2O)cc1. The monoisotopic (exact) mass is 400 g/mol. The van der Waals surface area contributed by atoms with Gasteiger partial charge in [-0.1, -0.05) is 42.5 Å². The fourth-order valence-corrected chi connectivity index (χ4v) is 3.98. The minimum Gasteiger partial charge on any atom is -0.508 e. The molecule has 0 aromatic heterocycles. The van der Waals surface area contributed by atoms with Crippen LogP contribution in [0.2, 0.25) is 0 Å². The van der Waals surface area contributed by atoms with Gasteiger partial charge in [-0.05, 0) is 65.2 Å². The molecule has 4 aromatic carbocycles. The third kappa shape index (κ3) is 3.06. The first kappa shape index (κ1) is 19.2. The van der Waals surface area contributed by atoms with Crippen LogP contribution in [0.15, 0.2) is 91.0 Å². The largest absolute Gasteiger partial charge is 0.508 e. The highest BCUT2D eigenvalue weighted by atomic mass is 16.3. The molecule has 4 aromatic rings. The number of rotatable bonds is 4. The maximum atomic E-state index is 10.9. The van der Waals surface area contributed by atoms with E-state index in [2.05, 4.69) is 0 Å². The molecule has 0 saturated carbocycles. The average molecular weight is 400 g/mol. The third-order valence-electron chi connectivity index (χ3n) is 5.30. The Hall–Kier alpha value is -4.12. The van der Waals surface area contributed by atoms with Crippen molar-refractivity contribution in [2.24, 2.45) is 0 Å². The Balaban J connectivity index is 2.19. The van der Waals surface area contributed by atoms with Gasteiger partial charge in [0.05, 0.1) is 11.0 Å². The third-order valence-corrected chi connectivity index (χ3v) is 5.30. The standard InChI is InChI=1S/C25H20O5/c26-19-10-4-16(5-11-19)25(17-6-12-20(27)13-7-17,18-8-14-21(28)15-9-18)24-22(29)2-1-3-23(24)30/h1-15,26-30H. The van der Waals surface area contributed by atoms with E-state index < -0.39 is 5.41 Å². The number of aromatic hydroxyl groups is 5. The molecule has 0 amide bonds. The summed E-state index contributed by atoms with van der Waals surface area (Å²) in [5, 5.41) is 51.3. The van der Waals surface area contributed by atoms with E-state index in [4.69, 9.17) is 0 Å². The van der Waals surface area contributed by atoms with E-state index in [1.165, 1.54) is 48.5 Å². The molecule has 5 heteroatoms. The van der Waals surface area contributed by atoms with E-state index in [1.54, 1.807) is 42.5 Å². The Morgan fingerprint density at radius 3 is 1.00 bits per heavy atom. The molecule has 30 heavy (non-hydrogen) atoms. The molecule has 150 valence electrons. The van der Waals surface area contributed by atoms with E-state index in [0.717, 1.165) is 0 Å². The van der Waals surface area contributed by atoms with Crippen molar-refractivity contribution in [3.05, 3.63) is 113 Å². The molecule has 0 unspecified atom stereocenters. The van der Waals surface area contributed by atoms with Crippen LogP contribution >= 0.6 is 0 Å². The zero-order chi connectivity index (χ0) is 21.3. The molecular formula is C25H20O5. The highest BCUT2D eigenvalue weighted by Gasteiger charge is 2.42. The van der Waals surface area contributed by atoms with E-state index >= 15 is 0 Å². The van der Waals surface area contributed by atoms with Gasteiger partial charge in [-0.3, -0.25) is 0 Å². The van der Waals surface area contributed by atoms with Crippen LogP contribution < -0.4 is 0 Å². The van der Waals surface area contributed by atoms with Crippen LogP contribution in [0, 0.1) is 0 Å². The highest BCUT2D eigenvalue weighted by Crippen LogP contribution is 2.51. The van der Waals surface area contributed by atoms with Crippen molar-refractivity contribution < 1.29 is 25.5 Å². The van der Waals surface area contributed by atoms with E-state index in [0.29, 0.717) is 16.7 Å². The Morgan fingerprint density at radius 1 is 0.400 bits per heavy atom. The summed E-state index contributed by atoms with van der Waals surface area (Å²) in [5.74, 6) is -0.0184. The summed E-state index contributed by atoms with van der Waals surface area (Å²) in [6.07, 6.45) is 0. The lowest BCUT2D eigenvalue weighted by Gasteiger charge is -2.37. The smallest absolute Gasteiger partial charge is 0.124 e. The second-order valence-corrected chi connectivity index (χ2v) is 7.06. The Kier molecular flexibility index (Phi) is 4.72. The predicted molar refractivity (Wildman–Crippen MR) is 113 cm³/mol. The van der Waals surface area contributed by atoms with Crippen molar-refractivity contribution in [2.45, 2.75) is 5.41 Å². The van der Waals surface area contributed by atoms with Crippen LogP contribution in [0.5, 0.6) is 28.7 Å². The van der Waals surface area contributed by atoms with Gasteiger partial charge in [0.1, 0.15) is 28.7 Å². The number of hydrogen-bond donors (Lipinski definition) is 5. The maximum absolute atomic E-state index is 10.9. The highest BCUT2D eigenvalue weighted by molar-refractivity contribution is 5.67. The van der Waals surface area contributed by atoms with Crippen LogP contribution in [0.4, 0.5) is 0 Å². The van der Waals surface area contributed by atoms with E-state index in [9.17, 15) is 25.5 Å². The Labute approximate surface area is 173 Å². The number of phenols is 5.